The lowest BCUT2D eigenvalue weighted by molar-refractivity contribution is 0.215. The minimum atomic E-state index is 0.522. The Labute approximate surface area is 152 Å². The molecule has 0 bridgehead atoms. The first-order valence-corrected chi connectivity index (χ1v) is 8.93. The van der Waals surface area contributed by atoms with E-state index in [2.05, 4.69) is 29.9 Å². The Hall–Kier alpha value is -2.77. The van der Waals surface area contributed by atoms with Gasteiger partial charge in [-0.1, -0.05) is 0 Å². The van der Waals surface area contributed by atoms with Crippen LogP contribution in [0.5, 0.6) is 5.88 Å². The van der Waals surface area contributed by atoms with Crippen LogP contribution in [-0.2, 0) is 7.05 Å². The minimum Gasteiger partial charge on any atom is -0.477 e. The summed E-state index contributed by atoms with van der Waals surface area (Å²) >= 11 is 0. The van der Waals surface area contributed by atoms with Crippen LogP contribution in [0.2, 0.25) is 0 Å². The van der Waals surface area contributed by atoms with Gasteiger partial charge in [0.2, 0.25) is 5.88 Å². The van der Waals surface area contributed by atoms with Crippen molar-refractivity contribution in [2.45, 2.75) is 26.7 Å². The monoisotopic (exact) mass is 353 g/mol. The average Bonchev–Trinajstić information content (AvgIpc) is 3.01. The van der Waals surface area contributed by atoms with Crippen LogP contribution >= 0.6 is 0 Å². The SMILES string of the molecule is Cc1cc(OCC2CCN(c3nc(C)nc4c3cnn4C)CC2)ncn1. The number of aromatic nitrogens is 6. The number of rotatable bonds is 4. The molecule has 0 saturated carbocycles. The van der Waals surface area contributed by atoms with E-state index in [-0.39, 0.29) is 0 Å². The summed E-state index contributed by atoms with van der Waals surface area (Å²) in [6.07, 6.45) is 5.53. The van der Waals surface area contributed by atoms with Crippen molar-refractivity contribution in [1.82, 2.24) is 29.7 Å². The Bertz CT molecular complexity index is 915. The maximum atomic E-state index is 5.85. The molecule has 4 heterocycles. The van der Waals surface area contributed by atoms with Crippen LogP contribution in [-0.4, -0.2) is 49.4 Å². The first kappa shape index (κ1) is 16.7. The fourth-order valence-electron chi connectivity index (χ4n) is 3.38. The third-order valence-corrected chi connectivity index (χ3v) is 4.84. The molecule has 3 aromatic heterocycles. The van der Waals surface area contributed by atoms with Crippen LogP contribution < -0.4 is 9.64 Å². The van der Waals surface area contributed by atoms with Crippen LogP contribution in [0.4, 0.5) is 5.82 Å². The Balaban J connectivity index is 1.41. The summed E-state index contributed by atoms with van der Waals surface area (Å²) in [6.45, 7) is 6.47. The molecule has 1 aliphatic heterocycles. The molecule has 0 spiro atoms. The quantitative estimate of drug-likeness (QED) is 0.710. The summed E-state index contributed by atoms with van der Waals surface area (Å²) in [4.78, 5) is 19.8. The maximum absolute atomic E-state index is 5.85. The average molecular weight is 353 g/mol. The van der Waals surface area contributed by atoms with E-state index in [0.717, 1.165) is 54.3 Å². The van der Waals surface area contributed by atoms with Crippen LogP contribution in [0, 0.1) is 19.8 Å². The van der Waals surface area contributed by atoms with E-state index >= 15 is 0 Å². The Morgan fingerprint density at radius 2 is 1.96 bits per heavy atom. The molecule has 26 heavy (non-hydrogen) atoms. The normalized spacial score (nSPS) is 15.6. The molecule has 8 nitrogen and oxygen atoms in total. The predicted octanol–water partition coefficient (Wildman–Crippen LogP) is 2.07. The Morgan fingerprint density at radius 3 is 2.73 bits per heavy atom. The van der Waals surface area contributed by atoms with Gasteiger partial charge in [-0.2, -0.15) is 5.10 Å². The molecule has 3 aromatic rings. The van der Waals surface area contributed by atoms with Gasteiger partial charge in [0.1, 0.15) is 18.0 Å². The van der Waals surface area contributed by atoms with Gasteiger partial charge in [0.15, 0.2) is 5.65 Å². The van der Waals surface area contributed by atoms with Gasteiger partial charge in [0.05, 0.1) is 18.2 Å². The molecule has 1 fully saturated rings. The molecule has 136 valence electrons. The highest BCUT2D eigenvalue weighted by atomic mass is 16.5. The van der Waals surface area contributed by atoms with E-state index in [1.807, 2.05) is 33.2 Å². The number of hydrogen-bond acceptors (Lipinski definition) is 7. The molecule has 8 heteroatoms. The van der Waals surface area contributed by atoms with Gasteiger partial charge in [-0.25, -0.2) is 19.9 Å². The third-order valence-electron chi connectivity index (χ3n) is 4.84. The summed E-state index contributed by atoms with van der Waals surface area (Å²) in [5.41, 5.74) is 1.81. The number of fused-ring (bicyclic) bond motifs is 1. The van der Waals surface area contributed by atoms with Crippen LogP contribution in [0.1, 0.15) is 24.4 Å². The zero-order valence-corrected chi connectivity index (χ0v) is 15.4. The molecule has 1 aliphatic rings. The number of nitrogens with zero attached hydrogens (tertiary/aromatic N) is 7. The number of piperidine rings is 1. The van der Waals surface area contributed by atoms with Gasteiger partial charge in [-0.05, 0) is 32.6 Å². The van der Waals surface area contributed by atoms with E-state index in [4.69, 9.17) is 4.74 Å². The van der Waals surface area contributed by atoms with Crippen LogP contribution in [0.25, 0.3) is 11.0 Å². The zero-order valence-electron chi connectivity index (χ0n) is 15.4. The fourth-order valence-corrected chi connectivity index (χ4v) is 3.38. The zero-order chi connectivity index (χ0) is 18.1. The Kier molecular flexibility index (Phi) is 4.40. The molecule has 0 radical (unpaired) electrons. The van der Waals surface area contributed by atoms with E-state index in [9.17, 15) is 0 Å². The van der Waals surface area contributed by atoms with E-state index in [1.54, 1.807) is 11.0 Å². The summed E-state index contributed by atoms with van der Waals surface area (Å²) in [6, 6.07) is 1.87. The van der Waals surface area contributed by atoms with Gasteiger partial charge in [-0.15, -0.1) is 0 Å². The van der Waals surface area contributed by atoms with E-state index in [1.165, 1.54) is 0 Å². The topological polar surface area (TPSA) is 81.9 Å². The second-order valence-corrected chi connectivity index (χ2v) is 6.84. The molecule has 0 unspecified atom stereocenters. The molecular weight excluding hydrogens is 330 g/mol. The maximum Gasteiger partial charge on any atom is 0.216 e. The summed E-state index contributed by atoms with van der Waals surface area (Å²) in [7, 11) is 1.91. The van der Waals surface area contributed by atoms with Gasteiger partial charge in [-0.3, -0.25) is 4.68 Å². The summed E-state index contributed by atoms with van der Waals surface area (Å²) in [5.74, 6) is 2.95. The van der Waals surface area contributed by atoms with Gasteiger partial charge < -0.3 is 9.64 Å². The largest absolute Gasteiger partial charge is 0.477 e. The molecular formula is C18H23N7O. The highest BCUT2D eigenvalue weighted by Gasteiger charge is 2.23. The second-order valence-electron chi connectivity index (χ2n) is 6.84. The van der Waals surface area contributed by atoms with Crippen molar-refractivity contribution in [2.75, 3.05) is 24.6 Å². The van der Waals surface area contributed by atoms with Crippen LogP contribution in [0.3, 0.4) is 0 Å². The molecule has 1 saturated heterocycles. The van der Waals surface area contributed by atoms with Crippen LogP contribution in [0.15, 0.2) is 18.6 Å². The lowest BCUT2D eigenvalue weighted by atomic mass is 9.97. The predicted molar refractivity (Wildman–Crippen MR) is 98.2 cm³/mol. The first-order chi connectivity index (χ1) is 12.6. The van der Waals surface area contributed by atoms with Crippen molar-refractivity contribution in [1.29, 1.82) is 0 Å². The minimum absolute atomic E-state index is 0.522. The van der Waals surface area contributed by atoms with Crippen molar-refractivity contribution in [3.8, 4) is 5.88 Å². The number of aryl methyl sites for hydroxylation is 3. The van der Waals surface area contributed by atoms with Gasteiger partial charge >= 0.3 is 0 Å². The Morgan fingerprint density at radius 1 is 1.15 bits per heavy atom. The van der Waals surface area contributed by atoms with Crippen molar-refractivity contribution >= 4 is 16.9 Å². The third kappa shape index (κ3) is 3.31. The highest BCUT2D eigenvalue weighted by Crippen LogP contribution is 2.28. The fraction of sp³-hybridized carbons (Fsp3) is 0.500. The molecule has 4 rings (SSSR count). The first-order valence-electron chi connectivity index (χ1n) is 8.93. The molecule has 0 N–H and O–H groups in total. The molecule has 0 aromatic carbocycles. The van der Waals surface area contributed by atoms with Crippen molar-refractivity contribution in [3.63, 3.8) is 0 Å². The van der Waals surface area contributed by atoms with Gasteiger partial charge in [0, 0.05) is 31.9 Å². The number of ether oxygens (including phenoxy) is 1. The van der Waals surface area contributed by atoms with Crippen molar-refractivity contribution in [3.05, 3.63) is 30.1 Å². The smallest absolute Gasteiger partial charge is 0.216 e. The molecule has 0 amide bonds. The lowest BCUT2D eigenvalue weighted by Crippen LogP contribution is -2.36. The summed E-state index contributed by atoms with van der Waals surface area (Å²) < 4.78 is 7.65. The van der Waals surface area contributed by atoms with Gasteiger partial charge in [0.25, 0.3) is 0 Å². The number of anilines is 1. The number of hydrogen-bond donors (Lipinski definition) is 0. The van der Waals surface area contributed by atoms with E-state index < -0.39 is 0 Å². The second kappa shape index (κ2) is 6.86. The lowest BCUT2D eigenvalue weighted by Gasteiger charge is -2.32. The van der Waals surface area contributed by atoms with Crippen molar-refractivity contribution < 1.29 is 4.74 Å². The highest BCUT2D eigenvalue weighted by molar-refractivity contribution is 5.87. The molecule has 0 atom stereocenters. The standard InChI is InChI=1S/C18H23N7O/c1-12-8-16(20-11-19-12)26-10-14-4-6-25(7-5-14)18-15-9-21-24(3)17(15)22-13(2)23-18/h8-9,11,14H,4-7,10H2,1-3H3. The van der Waals surface area contributed by atoms with E-state index in [0.29, 0.717) is 18.4 Å². The summed E-state index contributed by atoms with van der Waals surface area (Å²) in [5, 5.41) is 5.35. The van der Waals surface area contributed by atoms with Crippen molar-refractivity contribution in [2.24, 2.45) is 13.0 Å². The molecule has 0 aliphatic carbocycles.